The van der Waals surface area contributed by atoms with E-state index in [0.717, 1.165) is 5.56 Å². The first-order valence-corrected chi connectivity index (χ1v) is 6.63. The van der Waals surface area contributed by atoms with Crippen LogP contribution in [0, 0.1) is 10.1 Å². The van der Waals surface area contributed by atoms with Crippen LogP contribution in [0.4, 0.5) is 5.69 Å². The summed E-state index contributed by atoms with van der Waals surface area (Å²) in [6, 6.07) is 15.2. The number of benzene rings is 2. The molecule has 3 N–H and O–H groups in total. The molecule has 0 aliphatic carbocycles. The number of non-ortho nitro benzene ring substituents is 1. The second kappa shape index (κ2) is 5.74. The van der Waals surface area contributed by atoms with E-state index < -0.39 is 11.0 Å². The maximum atomic E-state index is 10.8. The molecule has 0 aliphatic heterocycles. The van der Waals surface area contributed by atoms with Crippen molar-refractivity contribution in [1.29, 1.82) is 0 Å². The normalized spacial score (nSPS) is 12.0. The minimum absolute atomic E-state index is 0.00351. The third kappa shape index (κ3) is 2.70. The monoisotopic (exact) mass is 295 g/mol. The van der Waals surface area contributed by atoms with E-state index in [-0.39, 0.29) is 5.69 Å². The van der Waals surface area contributed by atoms with Gasteiger partial charge in [0.1, 0.15) is 5.82 Å². The molecule has 7 heteroatoms. The summed E-state index contributed by atoms with van der Waals surface area (Å²) in [6.07, 6.45) is 0. The number of nitrogens with zero attached hydrogens (tertiary/aromatic N) is 3. The lowest BCUT2D eigenvalue weighted by molar-refractivity contribution is -0.384. The van der Waals surface area contributed by atoms with Crippen molar-refractivity contribution in [2.24, 2.45) is 5.73 Å². The fraction of sp³-hybridized carbons (Fsp3) is 0.0667. The van der Waals surface area contributed by atoms with Gasteiger partial charge < -0.3 is 5.73 Å². The molecule has 3 rings (SSSR count). The van der Waals surface area contributed by atoms with Crippen molar-refractivity contribution in [2.45, 2.75) is 6.04 Å². The van der Waals surface area contributed by atoms with Crippen molar-refractivity contribution in [3.05, 3.63) is 76.1 Å². The highest BCUT2D eigenvalue weighted by atomic mass is 16.6. The summed E-state index contributed by atoms with van der Waals surface area (Å²) in [7, 11) is 0. The molecule has 0 radical (unpaired) electrons. The quantitative estimate of drug-likeness (QED) is 0.567. The molecule has 22 heavy (non-hydrogen) atoms. The molecule has 110 valence electrons. The summed E-state index contributed by atoms with van der Waals surface area (Å²) in [5, 5.41) is 17.7. The average Bonchev–Trinajstić information content (AvgIpc) is 3.05. The molecule has 7 nitrogen and oxygen atoms in total. The summed E-state index contributed by atoms with van der Waals surface area (Å²) in [5.74, 6) is 0.887. The maximum Gasteiger partial charge on any atom is 0.270 e. The highest BCUT2D eigenvalue weighted by Gasteiger charge is 2.15. The summed E-state index contributed by atoms with van der Waals surface area (Å²) < 4.78 is 0. The first kappa shape index (κ1) is 13.9. The van der Waals surface area contributed by atoms with Gasteiger partial charge in [-0.1, -0.05) is 42.5 Å². The van der Waals surface area contributed by atoms with Crippen LogP contribution >= 0.6 is 0 Å². The summed E-state index contributed by atoms with van der Waals surface area (Å²) >= 11 is 0. The van der Waals surface area contributed by atoms with Crippen molar-refractivity contribution in [1.82, 2.24) is 15.2 Å². The number of aromatic nitrogens is 3. The molecule has 1 aromatic heterocycles. The van der Waals surface area contributed by atoms with Gasteiger partial charge >= 0.3 is 0 Å². The Morgan fingerprint density at radius 3 is 2.64 bits per heavy atom. The largest absolute Gasteiger partial charge is 0.318 e. The third-order valence-corrected chi connectivity index (χ3v) is 3.27. The standard InChI is InChI=1S/C15H13N5O2/c16-13(10-5-2-1-3-6-10)15-17-14(18-19-15)11-7-4-8-12(9-11)20(21)22/h1-9,13H,16H2,(H,17,18,19)/t13-/m1/s1. The number of hydrogen-bond acceptors (Lipinski definition) is 5. The number of hydrogen-bond donors (Lipinski definition) is 2. The number of H-pyrrole nitrogens is 1. The molecule has 1 atom stereocenters. The highest BCUT2D eigenvalue weighted by Crippen LogP contribution is 2.23. The zero-order chi connectivity index (χ0) is 15.5. The molecule has 0 aliphatic rings. The lowest BCUT2D eigenvalue weighted by Gasteiger charge is -2.07. The van der Waals surface area contributed by atoms with Crippen LogP contribution in [-0.4, -0.2) is 20.1 Å². The number of nitro benzene ring substituents is 1. The van der Waals surface area contributed by atoms with Crippen molar-refractivity contribution >= 4 is 5.69 Å². The number of rotatable bonds is 4. The van der Waals surface area contributed by atoms with Crippen LogP contribution in [0.5, 0.6) is 0 Å². The Labute approximate surface area is 126 Å². The van der Waals surface area contributed by atoms with E-state index in [1.165, 1.54) is 12.1 Å². The minimum Gasteiger partial charge on any atom is -0.318 e. The van der Waals surface area contributed by atoms with Gasteiger partial charge in [0.2, 0.25) is 0 Å². The molecule has 0 saturated carbocycles. The van der Waals surface area contributed by atoms with Gasteiger partial charge in [-0.05, 0) is 5.56 Å². The van der Waals surface area contributed by atoms with E-state index >= 15 is 0 Å². The Balaban J connectivity index is 1.91. The van der Waals surface area contributed by atoms with E-state index in [9.17, 15) is 10.1 Å². The van der Waals surface area contributed by atoms with Crippen molar-refractivity contribution < 1.29 is 4.92 Å². The second-order valence-electron chi connectivity index (χ2n) is 4.74. The van der Waals surface area contributed by atoms with Gasteiger partial charge in [-0.25, -0.2) is 4.98 Å². The van der Waals surface area contributed by atoms with Crippen molar-refractivity contribution in [3.63, 3.8) is 0 Å². The Morgan fingerprint density at radius 2 is 1.91 bits per heavy atom. The Morgan fingerprint density at radius 1 is 1.14 bits per heavy atom. The first-order valence-electron chi connectivity index (χ1n) is 6.63. The van der Waals surface area contributed by atoms with Crippen LogP contribution in [0.2, 0.25) is 0 Å². The molecule has 0 saturated heterocycles. The smallest absolute Gasteiger partial charge is 0.270 e. The molecule has 0 fully saturated rings. The topological polar surface area (TPSA) is 111 Å². The fourth-order valence-corrected chi connectivity index (χ4v) is 2.12. The van der Waals surface area contributed by atoms with Crippen molar-refractivity contribution in [3.8, 4) is 11.4 Å². The van der Waals surface area contributed by atoms with Crippen LogP contribution in [0.25, 0.3) is 11.4 Å². The Hall–Kier alpha value is -3.06. The van der Waals surface area contributed by atoms with E-state index in [0.29, 0.717) is 17.2 Å². The van der Waals surface area contributed by atoms with Crippen LogP contribution in [0.1, 0.15) is 17.4 Å². The molecule has 0 amide bonds. The van der Waals surface area contributed by atoms with Crippen molar-refractivity contribution in [2.75, 3.05) is 0 Å². The van der Waals surface area contributed by atoms with E-state index in [2.05, 4.69) is 15.2 Å². The highest BCUT2D eigenvalue weighted by molar-refractivity contribution is 5.58. The van der Waals surface area contributed by atoms with E-state index in [1.807, 2.05) is 30.3 Å². The maximum absolute atomic E-state index is 10.8. The summed E-state index contributed by atoms with van der Waals surface area (Å²) in [4.78, 5) is 14.7. The van der Waals surface area contributed by atoms with Gasteiger partial charge in [0.05, 0.1) is 11.0 Å². The zero-order valence-electron chi connectivity index (χ0n) is 11.5. The number of nitro groups is 1. The van der Waals surface area contributed by atoms with Crippen LogP contribution in [0.15, 0.2) is 54.6 Å². The van der Waals surface area contributed by atoms with E-state index in [1.54, 1.807) is 12.1 Å². The average molecular weight is 295 g/mol. The number of nitrogens with two attached hydrogens (primary N) is 1. The van der Waals surface area contributed by atoms with E-state index in [4.69, 9.17) is 5.73 Å². The van der Waals surface area contributed by atoms with Crippen LogP contribution in [0.3, 0.4) is 0 Å². The minimum atomic E-state index is -0.452. The lowest BCUT2D eigenvalue weighted by Crippen LogP contribution is -2.13. The molecule has 1 heterocycles. The molecule has 0 bridgehead atoms. The predicted molar refractivity (Wildman–Crippen MR) is 80.9 cm³/mol. The molecule has 3 aromatic rings. The molecule has 0 spiro atoms. The molecule has 2 aromatic carbocycles. The summed E-state index contributed by atoms with van der Waals surface area (Å²) in [5.41, 5.74) is 7.61. The van der Waals surface area contributed by atoms with Crippen LogP contribution < -0.4 is 5.73 Å². The predicted octanol–water partition coefficient (Wildman–Crippen LogP) is 2.43. The zero-order valence-corrected chi connectivity index (χ0v) is 11.5. The Kier molecular flexibility index (Phi) is 3.63. The van der Waals surface area contributed by atoms with Gasteiger partial charge in [-0.2, -0.15) is 5.10 Å². The molecular formula is C15H13N5O2. The third-order valence-electron chi connectivity index (χ3n) is 3.27. The van der Waals surface area contributed by atoms with Gasteiger partial charge in [-0.15, -0.1) is 0 Å². The second-order valence-corrected chi connectivity index (χ2v) is 4.74. The number of aromatic amines is 1. The SMILES string of the molecule is N[C@H](c1ccccc1)c1nc(-c2cccc([N+](=O)[O-])c2)n[nH]1. The molecular weight excluding hydrogens is 282 g/mol. The Bertz CT molecular complexity index is 800. The fourth-order valence-electron chi connectivity index (χ4n) is 2.12. The van der Waals surface area contributed by atoms with Crippen LogP contribution in [-0.2, 0) is 0 Å². The number of nitrogens with one attached hydrogen (secondary N) is 1. The van der Waals surface area contributed by atoms with Gasteiger partial charge in [-0.3, -0.25) is 15.2 Å². The lowest BCUT2D eigenvalue weighted by atomic mass is 10.1. The first-order chi connectivity index (χ1) is 10.6. The van der Waals surface area contributed by atoms with Gasteiger partial charge in [0.15, 0.2) is 5.82 Å². The molecule has 0 unspecified atom stereocenters. The van der Waals surface area contributed by atoms with Gasteiger partial charge in [0, 0.05) is 17.7 Å². The summed E-state index contributed by atoms with van der Waals surface area (Å²) in [6.45, 7) is 0. The van der Waals surface area contributed by atoms with Gasteiger partial charge in [0.25, 0.3) is 5.69 Å².